The Hall–Kier alpha value is -2.14. The van der Waals surface area contributed by atoms with Crippen molar-refractivity contribution in [3.05, 3.63) is 42.1 Å². The highest BCUT2D eigenvalue weighted by atomic mass is 16.2. The zero-order valence-electron chi connectivity index (χ0n) is 13.4. The number of benzene rings is 1. The van der Waals surface area contributed by atoms with Crippen LogP contribution < -0.4 is 10.2 Å². The van der Waals surface area contributed by atoms with E-state index >= 15 is 0 Å². The molecule has 1 aliphatic heterocycles. The fourth-order valence-corrected chi connectivity index (χ4v) is 2.87. The Balaban J connectivity index is 1.69. The Morgan fingerprint density at radius 2 is 1.74 bits per heavy atom. The third-order valence-corrected chi connectivity index (χ3v) is 4.16. The number of aliphatic hydroxyl groups is 1. The number of hydrogen-bond acceptors (Lipinski definition) is 5. The van der Waals surface area contributed by atoms with E-state index in [4.69, 9.17) is 5.11 Å². The molecule has 0 saturated carbocycles. The summed E-state index contributed by atoms with van der Waals surface area (Å²) in [7, 11) is 0. The number of nitrogens with zero attached hydrogens (tertiary/aromatic N) is 3. The lowest BCUT2D eigenvalue weighted by molar-refractivity contribution is 0.299. The SMILES string of the molecule is OCCc1ccc(Nc2ccnc(N3CCCCCC3)n2)cc1. The highest BCUT2D eigenvalue weighted by molar-refractivity contribution is 5.57. The van der Waals surface area contributed by atoms with E-state index in [0.29, 0.717) is 6.42 Å². The van der Waals surface area contributed by atoms with E-state index in [1.54, 1.807) is 0 Å². The first-order chi connectivity index (χ1) is 11.3. The van der Waals surface area contributed by atoms with Gasteiger partial charge >= 0.3 is 0 Å². The predicted octanol–water partition coefficient (Wildman–Crippen LogP) is 3.14. The van der Waals surface area contributed by atoms with Crippen molar-refractivity contribution >= 4 is 17.5 Å². The largest absolute Gasteiger partial charge is 0.396 e. The fourth-order valence-electron chi connectivity index (χ4n) is 2.87. The number of anilines is 3. The smallest absolute Gasteiger partial charge is 0.227 e. The van der Waals surface area contributed by atoms with Gasteiger partial charge in [-0.3, -0.25) is 0 Å². The lowest BCUT2D eigenvalue weighted by Gasteiger charge is -2.20. The summed E-state index contributed by atoms with van der Waals surface area (Å²) < 4.78 is 0. The van der Waals surface area contributed by atoms with Crippen LogP contribution in [-0.2, 0) is 6.42 Å². The van der Waals surface area contributed by atoms with E-state index < -0.39 is 0 Å². The van der Waals surface area contributed by atoms with E-state index in [-0.39, 0.29) is 6.61 Å². The Bertz CT molecular complexity index is 607. The minimum atomic E-state index is 0.178. The van der Waals surface area contributed by atoms with Crippen molar-refractivity contribution in [2.24, 2.45) is 0 Å². The van der Waals surface area contributed by atoms with Crippen LogP contribution in [0.4, 0.5) is 17.5 Å². The molecule has 0 bridgehead atoms. The number of hydrogen-bond donors (Lipinski definition) is 2. The summed E-state index contributed by atoms with van der Waals surface area (Å²) in [6.45, 7) is 2.26. The van der Waals surface area contributed by atoms with Crippen LogP contribution in [0.3, 0.4) is 0 Å². The van der Waals surface area contributed by atoms with Crippen LogP contribution in [0.2, 0.25) is 0 Å². The van der Waals surface area contributed by atoms with Crippen LogP contribution in [0.25, 0.3) is 0 Å². The second-order valence-corrected chi connectivity index (χ2v) is 5.94. The molecule has 0 radical (unpaired) electrons. The summed E-state index contributed by atoms with van der Waals surface area (Å²) in [6.07, 6.45) is 7.53. The fraction of sp³-hybridized carbons (Fsp3) is 0.444. The molecule has 122 valence electrons. The average molecular weight is 312 g/mol. The molecule has 5 heteroatoms. The molecule has 1 aromatic carbocycles. The molecule has 2 heterocycles. The van der Waals surface area contributed by atoms with Crippen molar-refractivity contribution in [3.63, 3.8) is 0 Å². The highest BCUT2D eigenvalue weighted by Gasteiger charge is 2.12. The standard InChI is InChI=1S/C18H24N4O/c23-14-10-15-5-7-16(8-6-15)20-17-9-11-19-18(21-17)22-12-3-1-2-4-13-22/h5-9,11,23H,1-4,10,12-14H2,(H,19,20,21). The lowest BCUT2D eigenvalue weighted by Crippen LogP contribution is -2.26. The van der Waals surface area contributed by atoms with Crippen molar-refractivity contribution in [3.8, 4) is 0 Å². The van der Waals surface area contributed by atoms with Gasteiger partial charge in [0.25, 0.3) is 0 Å². The van der Waals surface area contributed by atoms with Gasteiger partial charge in [0.05, 0.1) is 0 Å². The topological polar surface area (TPSA) is 61.3 Å². The maximum Gasteiger partial charge on any atom is 0.227 e. The number of aromatic nitrogens is 2. The van der Waals surface area contributed by atoms with Crippen LogP contribution in [0.5, 0.6) is 0 Å². The van der Waals surface area contributed by atoms with Crippen molar-refractivity contribution in [2.45, 2.75) is 32.1 Å². The molecule has 0 atom stereocenters. The maximum absolute atomic E-state index is 8.96. The molecular weight excluding hydrogens is 288 g/mol. The second-order valence-electron chi connectivity index (χ2n) is 5.94. The summed E-state index contributed by atoms with van der Waals surface area (Å²) in [5.74, 6) is 1.63. The molecule has 5 nitrogen and oxygen atoms in total. The molecule has 0 unspecified atom stereocenters. The molecule has 1 aromatic heterocycles. The Kier molecular flexibility index (Phi) is 5.42. The lowest BCUT2D eigenvalue weighted by atomic mass is 10.1. The molecular formula is C18H24N4O. The molecule has 0 amide bonds. The molecule has 2 N–H and O–H groups in total. The van der Waals surface area contributed by atoms with Gasteiger partial charge in [-0.2, -0.15) is 4.98 Å². The van der Waals surface area contributed by atoms with Crippen LogP contribution in [0.1, 0.15) is 31.2 Å². The number of rotatable bonds is 5. The van der Waals surface area contributed by atoms with Gasteiger partial charge in [0.1, 0.15) is 5.82 Å². The van der Waals surface area contributed by atoms with Crippen LogP contribution in [0.15, 0.2) is 36.5 Å². The minimum Gasteiger partial charge on any atom is -0.396 e. The first kappa shape index (κ1) is 15.7. The third kappa shape index (κ3) is 4.42. The van der Waals surface area contributed by atoms with Crippen molar-refractivity contribution < 1.29 is 5.11 Å². The zero-order valence-corrected chi connectivity index (χ0v) is 13.4. The predicted molar refractivity (Wildman–Crippen MR) is 93.2 cm³/mol. The Labute approximate surface area is 137 Å². The number of nitrogens with one attached hydrogen (secondary N) is 1. The summed E-state index contributed by atoms with van der Waals surface area (Å²) in [5, 5.41) is 12.3. The average Bonchev–Trinajstić information content (AvgIpc) is 2.87. The Morgan fingerprint density at radius 1 is 1.00 bits per heavy atom. The summed E-state index contributed by atoms with van der Waals surface area (Å²) in [4.78, 5) is 11.4. The van der Waals surface area contributed by atoms with Crippen LogP contribution in [-0.4, -0.2) is 34.8 Å². The highest BCUT2D eigenvalue weighted by Crippen LogP contribution is 2.19. The van der Waals surface area contributed by atoms with Crippen LogP contribution >= 0.6 is 0 Å². The molecule has 1 fully saturated rings. The van der Waals surface area contributed by atoms with E-state index in [0.717, 1.165) is 36.1 Å². The summed E-state index contributed by atoms with van der Waals surface area (Å²) in [5.41, 5.74) is 2.12. The Morgan fingerprint density at radius 3 is 2.43 bits per heavy atom. The number of aliphatic hydroxyl groups excluding tert-OH is 1. The molecule has 23 heavy (non-hydrogen) atoms. The minimum absolute atomic E-state index is 0.178. The van der Waals surface area contributed by atoms with Gasteiger partial charge in [-0.1, -0.05) is 25.0 Å². The van der Waals surface area contributed by atoms with Gasteiger partial charge in [0, 0.05) is 31.6 Å². The van der Waals surface area contributed by atoms with E-state index in [1.165, 1.54) is 25.7 Å². The monoisotopic (exact) mass is 312 g/mol. The summed E-state index contributed by atoms with van der Waals surface area (Å²) in [6, 6.07) is 9.96. The third-order valence-electron chi connectivity index (χ3n) is 4.16. The first-order valence-electron chi connectivity index (χ1n) is 8.40. The van der Waals surface area contributed by atoms with Crippen molar-refractivity contribution in [1.29, 1.82) is 0 Å². The van der Waals surface area contributed by atoms with Gasteiger partial charge in [-0.25, -0.2) is 4.98 Å². The molecule has 1 aliphatic rings. The van der Waals surface area contributed by atoms with Crippen molar-refractivity contribution in [1.82, 2.24) is 9.97 Å². The molecule has 3 rings (SSSR count). The van der Waals surface area contributed by atoms with Crippen molar-refractivity contribution in [2.75, 3.05) is 29.9 Å². The molecule has 0 spiro atoms. The van der Waals surface area contributed by atoms with E-state index in [1.807, 2.05) is 36.5 Å². The van der Waals surface area contributed by atoms with Gasteiger partial charge in [-0.05, 0) is 43.0 Å². The zero-order chi connectivity index (χ0) is 15.9. The van der Waals surface area contributed by atoms with E-state index in [2.05, 4.69) is 20.2 Å². The molecule has 2 aromatic rings. The van der Waals surface area contributed by atoms with Gasteiger partial charge < -0.3 is 15.3 Å². The van der Waals surface area contributed by atoms with E-state index in [9.17, 15) is 0 Å². The maximum atomic E-state index is 8.96. The summed E-state index contributed by atoms with van der Waals surface area (Å²) >= 11 is 0. The van der Waals surface area contributed by atoms with Crippen LogP contribution in [0, 0.1) is 0 Å². The molecule has 1 saturated heterocycles. The second kappa shape index (κ2) is 7.92. The van der Waals surface area contributed by atoms with Gasteiger partial charge in [-0.15, -0.1) is 0 Å². The molecule has 0 aliphatic carbocycles. The van der Waals surface area contributed by atoms with Gasteiger partial charge in [0.15, 0.2) is 0 Å². The normalized spacial score (nSPS) is 15.3. The first-order valence-corrected chi connectivity index (χ1v) is 8.40. The van der Waals surface area contributed by atoms with Gasteiger partial charge in [0.2, 0.25) is 5.95 Å². The quantitative estimate of drug-likeness (QED) is 0.888.